The van der Waals surface area contributed by atoms with E-state index in [4.69, 9.17) is 5.11 Å². The van der Waals surface area contributed by atoms with Crippen LogP contribution >= 0.6 is 0 Å². The minimum atomic E-state index is -0.844. The van der Waals surface area contributed by atoms with Crippen LogP contribution in [0.2, 0.25) is 0 Å². The molecule has 1 heterocycles. The van der Waals surface area contributed by atoms with Crippen LogP contribution in [-0.2, 0) is 11.8 Å². The molecule has 2 atom stereocenters. The maximum Gasteiger partial charge on any atom is 0.323 e. The van der Waals surface area contributed by atoms with Gasteiger partial charge in [0.15, 0.2) is 5.69 Å². The van der Waals surface area contributed by atoms with Gasteiger partial charge in [0, 0.05) is 12.1 Å². The number of hydrogen-bond donors (Lipinski definition) is 2. The van der Waals surface area contributed by atoms with Crippen LogP contribution < -0.4 is 5.32 Å². The molecule has 2 rings (SSSR count). The average Bonchev–Trinajstić information content (AvgIpc) is 2.81. The SMILES string of the molecule is Cn1c(C(=O)NC2CCCC(C(=O)O)C2)ccc1[N+](=O)[O-]. The van der Waals surface area contributed by atoms with Gasteiger partial charge in [0.2, 0.25) is 0 Å². The number of nitrogens with zero attached hydrogens (tertiary/aromatic N) is 2. The predicted molar refractivity (Wildman–Crippen MR) is 72.9 cm³/mol. The maximum atomic E-state index is 12.1. The zero-order chi connectivity index (χ0) is 15.6. The second-order valence-corrected chi connectivity index (χ2v) is 5.27. The van der Waals surface area contributed by atoms with Crippen LogP contribution in [0.25, 0.3) is 0 Å². The minimum Gasteiger partial charge on any atom is -0.481 e. The van der Waals surface area contributed by atoms with E-state index >= 15 is 0 Å². The minimum absolute atomic E-state index is 0.160. The van der Waals surface area contributed by atoms with Gasteiger partial charge in [-0.25, -0.2) is 4.57 Å². The van der Waals surface area contributed by atoms with Crippen molar-refractivity contribution in [3.63, 3.8) is 0 Å². The second-order valence-electron chi connectivity index (χ2n) is 5.27. The predicted octanol–water partition coefficient (Wildman–Crippen LogP) is 1.31. The molecule has 1 aromatic heterocycles. The lowest BCUT2D eigenvalue weighted by Gasteiger charge is -2.27. The van der Waals surface area contributed by atoms with Crippen molar-refractivity contribution in [2.45, 2.75) is 31.7 Å². The molecule has 1 fully saturated rings. The lowest BCUT2D eigenvalue weighted by molar-refractivity contribution is -0.391. The topological polar surface area (TPSA) is 114 Å². The number of carbonyl (C=O) groups is 2. The van der Waals surface area contributed by atoms with Crippen LogP contribution in [-0.4, -0.2) is 32.5 Å². The Morgan fingerprint density at radius 3 is 2.71 bits per heavy atom. The molecule has 1 aliphatic rings. The maximum absolute atomic E-state index is 12.1. The lowest BCUT2D eigenvalue weighted by Crippen LogP contribution is -2.40. The van der Waals surface area contributed by atoms with E-state index in [9.17, 15) is 19.7 Å². The number of carbonyl (C=O) groups excluding carboxylic acids is 1. The van der Waals surface area contributed by atoms with E-state index in [0.717, 1.165) is 12.8 Å². The van der Waals surface area contributed by atoms with Crippen molar-refractivity contribution < 1.29 is 19.6 Å². The number of hydrogen-bond acceptors (Lipinski definition) is 4. The van der Waals surface area contributed by atoms with Crippen LogP contribution in [0.5, 0.6) is 0 Å². The molecule has 2 N–H and O–H groups in total. The first-order chi connectivity index (χ1) is 9.90. The molecule has 0 radical (unpaired) electrons. The smallest absolute Gasteiger partial charge is 0.323 e. The van der Waals surface area contributed by atoms with Crippen LogP contribution in [0.3, 0.4) is 0 Å². The first-order valence-electron chi connectivity index (χ1n) is 6.74. The molecule has 0 saturated heterocycles. The van der Waals surface area contributed by atoms with E-state index in [1.807, 2.05) is 0 Å². The number of amides is 1. The Hall–Kier alpha value is -2.38. The quantitative estimate of drug-likeness (QED) is 0.642. The first-order valence-corrected chi connectivity index (χ1v) is 6.74. The van der Waals surface area contributed by atoms with E-state index in [-0.39, 0.29) is 17.6 Å². The summed E-state index contributed by atoms with van der Waals surface area (Å²) in [5, 5.41) is 22.5. The fraction of sp³-hybridized carbons (Fsp3) is 0.538. The number of carboxylic acids is 1. The summed E-state index contributed by atoms with van der Waals surface area (Å²) in [5.41, 5.74) is 0.194. The molecule has 8 nitrogen and oxygen atoms in total. The summed E-state index contributed by atoms with van der Waals surface area (Å²) in [6, 6.07) is 2.46. The van der Waals surface area contributed by atoms with Crippen LogP contribution in [0.15, 0.2) is 12.1 Å². The number of nitrogens with one attached hydrogen (secondary N) is 1. The molecule has 8 heteroatoms. The highest BCUT2D eigenvalue weighted by molar-refractivity contribution is 5.93. The third-order valence-electron chi connectivity index (χ3n) is 3.87. The molecule has 1 saturated carbocycles. The summed E-state index contributed by atoms with van der Waals surface area (Å²) < 4.78 is 1.22. The van der Waals surface area contributed by atoms with Gasteiger partial charge in [-0.15, -0.1) is 0 Å². The monoisotopic (exact) mass is 295 g/mol. The highest BCUT2D eigenvalue weighted by Crippen LogP contribution is 2.25. The lowest BCUT2D eigenvalue weighted by atomic mass is 9.86. The molecular weight excluding hydrogens is 278 g/mol. The normalized spacial score (nSPS) is 21.8. The standard InChI is InChI=1S/C13H17N3O5/c1-15-10(5-6-11(15)16(20)21)12(17)14-9-4-2-3-8(7-9)13(18)19/h5-6,8-9H,2-4,7H2,1H3,(H,14,17)(H,18,19). The molecule has 21 heavy (non-hydrogen) atoms. The molecule has 0 aliphatic heterocycles. The number of carboxylic acid groups (broad SMARTS) is 1. The van der Waals surface area contributed by atoms with Gasteiger partial charge in [0.25, 0.3) is 5.91 Å². The van der Waals surface area contributed by atoms with E-state index in [0.29, 0.717) is 12.8 Å². The molecule has 0 spiro atoms. The van der Waals surface area contributed by atoms with Gasteiger partial charge in [0.1, 0.15) is 0 Å². The highest BCUT2D eigenvalue weighted by Gasteiger charge is 2.29. The molecule has 0 aromatic carbocycles. The molecular formula is C13H17N3O5. The molecule has 0 bridgehead atoms. The Bertz CT molecular complexity index is 580. The second kappa shape index (κ2) is 5.94. The number of aromatic nitrogens is 1. The van der Waals surface area contributed by atoms with Crippen molar-refractivity contribution in [1.29, 1.82) is 0 Å². The average molecular weight is 295 g/mol. The third-order valence-corrected chi connectivity index (χ3v) is 3.87. The van der Waals surface area contributed by atoms with Crippen LogP contribution in [0.1, 0.15) is 36.2 Å². The van der Waals surface area contributed by atoms with Gasteiger partial charge in [-0.2, -0.15) is 0 Å². The Morgan fingerprint density at radius 1 is 1.43 bits per heavy atom. The van der Waals surface area contributed by atoms with Crippen molar-refractivity contribution in [2.24, 2.45) is 13.0 Å². The molecule has 1 aromatic rings. The largest absolute Gasteiger partial charge is 0.481 e. The van der Waals surface area contributed by atoms with E-state index in [1.54, 1.807) is 0 Å². The molecule has 114 valence electrons. The first kappa shape index (κ1) is 15.0. The summed E-state index contributed by atoms with van der Waals surface area (Å²) in [5.74, 6) is -1.86. The zero-order valence-corrected chi connectivity index (χ0v) is 11.6. The summed E-state index contributed by atoms with van der Waals surface area (Å²) >= 11 is 0. The molecule has 2 unspecified atom stereocenters. The van der Waals surface area contributed by atoms with Gasteiger partial charge >= 0.3 is 11.8 Å². The highest BCUT2D eigenvalue weighted by atomic mass is 16.6. The summed E-state index contributed by atoms with van der Waals surface area (Å²) in [7, 11) is 1.45. The van der Waals surface area contributed by atoms with Crippen molar-refractivity contribution in [3.8, 4) is 0 Å². The van der Waals surface area contributed by atoms with E-state index in [1.165, 1.54) is 23.7 Å². The Morgan fingerprint density at radius 2 is 2.14 bits per heavy atom. The number of nitro groups is 1. The Kier molecular flexibility index (Phi) is 4.25. The fourth-order valence-electron chi connectivity index (χ4n) is 2.72. The molecule has 1 amide bonds. The Balaban J connectivity index is 2.04. The van der Waals surface area contributed by atoms with Crippen molar-refractivity contribution in [3.05, 3.63) is 27.9 Å². The van der Waals surface area contributed by atoms with Crippen molar-refractivity contribution in [2.75, 3.05) is 0 Å². The van der Waals surface area contributed by atoms with E-state index < -0.39 is 22.7 Å². The van der Waals surface area contributed by atoms with Gasteiger partial charge < -0.3 is 20.5 Å². The summed E-state index contributed by atoms with van der Waals surface area (Å²) in [4.78, 5) is 33.3. The third kappa shape index (κ3) is 3.21. The Labute approximate surface area is 120 Å². The number of rotatable bonds is 4. The van der Waals surface area contributed by atoms with Gasteiger partial charge in [0.05, 0.1) is 13.0 Å². The number of aliphatic carboxylic acids is 1. The molecule has 1 aliphatic carbocycles. The fourth-order valence-corrected chi connectivity index (χ4v) is 2.72. The summed E-state index contributed by atoms with van der Waals surface area (Å²) in [6.45, 7) is 0. The zero-order valence-electron chi connectivity index (χ0n) is 11.6. The van der Waals surface area contributed by atoms with Crippen molar-refractivity contribution in [1.82, 2.24) is 9.88 Å². The van der Waals surface area contributed by atoms with Gasteiger partial charge in [-0.1, -0.05) is 6.42 Å². The van der Waals surface area contributed by atoms with Gasteiger partial charge in [-0.05, 0) is 30.3 Å². The van der Waals surface area contributed by atoms with Crippen LogP contribution in [0.4, 0.5) is 5.82 Å². The van der Waals surface area contributed by atoms with Gasteiger partial charge in [-0.3, -0.25) is 9.59 Å². The van der Waals surface area contributed by atoms with Crippen molar-refractivity contribution >= 4 is 17.7 Å². The van der Waals surface area contributed by atoms with Crippen LogP contribution in [0, 0.1) is 16.0 Å². The summed E-state index contributed by atoms with van der Waals surface area (Å²) in [6.07, 6.45) is 2.49. The van der Waals surface area contributed by atoms with E-state index in [2.05, 4.69) is 5.32 Å².